The van der Waals surface area contributed by atoms with E-state index in [1.54, 1.807) is 17.0 Å². The van der Waals surface area contributed by atoms with Crippen molar-refractivity contribution in [2.75, 3.05) is 42.9 Å². The summed E-state index contributed by atoms with van der Waals surface area (Å²) in [4.78, 5) is 28.3. The summed E-state index contributed by atoms with van der Waals surface area (Å²) in [7, 11) is -3.38. The number of sulfonamides is 1. The largest absolute Gasteiger partial charge is 0.480 e. The van der Waals surface area contributed by atoms with E-state index in [1.165, 1.54) is 32.6 Å². The monoisotopic (exact) mass is 626 g/mol. The number of fused-ring (bicyclic) bond motifs is 1. The molecule has 0 unspecified atom stereocenters. The summed E-state index contributed by atoms with van der Waals surface area (Å²) in [5.74, 6) is -1.84. The first-order valence-corrected chi connectivity index (χ1v) is 15.2. The minimum absolute atomic E-state index is 0.0853. The van der Waals surface area contributed by atoms with Crippen LogP contribution in [0.5, 0.6) is 5.88 Å². The summed E-state index contributed by atoms with van der Waals surface area (Å²) in [6, 6.07) is 8.80. The van der Waals surface area contributed by atoms with Crippen LogP contribution < -0.4 is 14.4 Å². The molecule has 44 heavy (non-hydrogen) atoms. The van der Waals surface area contributed by atoms with E-state index >= 15 is 0 Å². The number of nitrogens with one attached hydrogen (secondary N) is 1. The van der Waals surface area contributed by atoms with Crippen molar-refractivity contribution in [1.82, 2.24) is 19.9 Å². The van der Waals surface area contributed by atoms with Gasteiger partial charge >= 0.3 is 6.09 Å². The summed E-state index contributed by atoms with van der Waals surface area (Å²) in [5.41, 5.74) is 1.39. The zero-order chi connectivity index (χ0) is 31.8. The molecule has 14 heteroatoms. The second kappa shape index (κ2) is 11.8. The van der Waals surface area contributed by atoms with Gasteiger partial charge in [0.2, 0.25) is 5.88 Å². The average Bonchev–Trinajstić information content (AvgIpc) is 2.95. The second-order valence-corrected chi connectivity index (χ2v) is 12.9. The molecular weight excluding hydrogens is 594 g/mol. The number of hydrogen-bond acceptors (Lipinski definition) is 9. The van der Waals surface area contributed by atoms with Crippen LogP contribution in [0.15, 0.2) is 53.8 Å². The van der Waals surface area contributed by atoms with Gasteiger partial charge in [0.1, 0.15) is 35.1 Å². The lowest BCUT2D eigenvalue weighted by Gasteiger charge is -2.36. The van der Waals surface area contributed by atoms with Crippen molar-refractivity contribution in [3.63, 3.8) is 0 Å². The third-order valence-electron chi connectivity index (χ3n) is 6.88. The Bertz CT molecular complexity index is 1820. The summed E-state index contributed by atoms with van der Waals surface area (Å²) in [6.45, 7) is 8.89. The second-order valence-electron chi connectivity index (χ2n) is 11.3. The molecular formula is C30H32F2N6O5S. The molecule has 1 N–H and O–H groups in total. The number of nitrogens with zero attached hydrogens (tertiary/aromatic N) is 5. The Morgan fingerprint density at radius 1 is 0.955 bits per heavy atom. The lowest BCUT2D eigenvalue weighted by molar-refractivity contribution is 0.0240. The van der Waals surface area contributed by atoms with Gasteiger partial charge in [0.05, 0.1) is 12.6 Å². The van der Waals surface area contributed by atoms with Gasteiger partial charge in [-0.3, -0.25) is 4.72 Å². The first-order valence-electron chi connectivity index (χ1n) is 13.8. The average molecular weight is 627 g/mol. The molecule has 0 atom stereocenters. The normalized spacial score (nSPS) is 14.1. The molecule has 0 spiro atoms. The molecule has 5 rings (SSSR count). The molecule has 2 aromatic carbocycles. The number of amides is 1. The molecule has 4 aromatic rings. The number of carbonyl (C=O) groups is 1. The van der Waals surface area contributed by atoms with Gasteiger partial charge < -0.3 is 19.3 Å². The van der Waals surface area contributed by atoms with Gasteiger partial charge in [0.15, 0.2) is 4.90 Å². The fourth-order valence-electron chi connectivity index (χ4n) is 4.89. The standard InChI is InChI=1S/C30H32F2N6O5S/c1-18-12-22(31)26(23(32)13-18)44(40,41)36-25-15-20(16-33-28(25)42-5)19-6-7-24-21(14-19)27(35-17-34-24)37-8-10-38(11-9-37)29(39)43-30(2,3)4/h6-7,12-17,36H,8-11H2,1-5H3. The van der Waals surface area contributed by atoms with Crippen molar-refractivity contribution in [2.24, 2.45) is 0 Å². The molecule has 1 aliphatic rings. The molecule has 0 saturated carbocycles. The van der Waals surface area contributed by atoms with Gasteiger partial charge in [0.25, 0.3) is 10.0 Å². The number of methoxy groups -OCH3 is 1. The molecule has 232 valence electrons. The van der Waals surface area contributed by atoms with Gasteiger partial charge in [-0.05, 0) is 69.2 Å². The number of aromatic nitrogens is 3. The van der Waals surface area contributed by atoms with Gasteiger partial charge in [-0.15, -0.1) is 0 Å². The van der Waals surface area contributed by atoms with E-state index in [-0.39, 0.29) is 23.2 Å². The highest BCUT2D eigenvalue weighted by Gasteiger charge is 2.28. The highest BCUT2D eigenvalue weighted by Crippen LogP contribution is 2.34. The maximum Gasteiger partial charge on any atom is 0.410 e. The van der Waals surface area contributed by atoms with Crippen molar-refractivity contribution in [2.45, 2.75) is 38.2 Å². The molecule has 1 fully saturated rings. The number of pyridine rings is 1. The lowest BCUT2D eigenvalue weighted by Crippen LogP contribution is -2.50. The Balaban J connectivity index is 1.44. The van der Waals surface area contributed by atoms with Crippen LogP contribution in [-0.4, -0.2) is 73.3 Å². The first kappa shape index (κ1) is 30.9. The van der Waals surface area contributed by atoms with Crippen molar-refractivity contribution in [1.29, 1.82) is 0 Å². The summed E-state index contributed by atoms with van der Waals surface area (Å²) in [6.07, 6.45) is 2.61. The minimum atomic E-state index is -4.68. The Kier molecular flexibility index (Phi) is 8.30. The smallest absolute Gasteiger partial charge is 0.410 e. The van der Waals surface area contributed by atoms with E-state index in [4.69, 9.17) is 9.47 Å². The van der Waals surface area contributed by atoms with E-state index in [0.29, 0.717) is 48.6 Å². The van der Waals surface area contributed by atoms with E-state index in [9.17, 15) is 22.0 Å². The highest BCUT2D eigenvalue weighted by molar-refractivity contribution is 7.92. The predicted octanol–water partition coefficient (Wildman–Crippen LogP) is 5.14. The van der Waals surface area contributed by atoms with Crippen LogP contribution in [-0.2, 0) is 14.8 Å². The molecule has 0 bridgehead atoms. The molecule has 11 nitrogen and oxygen atoms in total. The molecule has 1 amide bonds. The van der Waals surface area contributed by atoms with Crippen LogP contribution in [0.25, 0.3) is 22.0 Å². The number of benzene rings is 2. The van der Waals surface area contributed by atoms with E-state index in [0.717, 1.165) is 17.5 Å². The van der Waals surface area contributed by atoms with Crippen LogP contribution in [0, 0.1) is 18.6 Å². The number of carbonyl (C=O) groups excluding carboxylic acids is 1. The predicted molar refractivity (Wildman–Crippen MR) is 161 cm³/mol. The number of halogens is 2. The van der Waals surface area contributed by atoms with Crippen molar-refractivity contribution in [3.8, 4) is 17.0 Å². The fraction of sp³-hybridized carbons (Fsp3) is 0.333. The van der Waals surface area contributed by atoms with Crippen LogP contribution in [0.4, 0.5) is 25.1 Å². The van der Waals surface area contributed by atoms with Gasteiger partial charge in [0, 0.05) is 43.3 Å². The first-order chi connectivity index (χ1) is 20.8. The number of ether oxygens (including phenoxy) is 2. The Labute approximate surface area is 253 Å². The molecule has 0 aliphatic carbocycles. The molecule has 1 saturated heterocycles. The SMILES string of the molecule is COc1ncc(-c2ccc3ncnc(N4CCN(C(=O)OC(C)(C)C)CC4)c3c2)cc1NS(=O)(=O)c1c(F)cc(C)cc1F. The Morgan fingerprint density at radius 2 is 1.64 bits per heavy atom. The molecule has 3 heterocycles. The zero-order valence-corrected chi connectivity index (χ0v) is 25.7. The number of hydrogen-bond donors (Lipinski definition) is 1. The Hall–Kier alpha value is -4.59. The van der Waals surface area contributed by atoms with E-state index in [1.807, 2.05) is 26.8 Å². The third kappa shape index (κ3) is 6.49. The van der Waals surface area contributed by atoms with Crippen molar-refractivity contribution in [3.05, 3.63) is 66.1 Å². The molecule has 0 radical (unpaired) electrons. The zero-order valence-electron chi connectivity index (χ0n) is 24.9. The topological polar surface area (TPSA) is 127 Å². The van der Waals surface area contributed by atoms with Crippen molar-refractivity contribution >= 4 is 38.5 Å². The van der Waals surface area contributed by atoms with E-state index in [2.05, 4.69) is 24.6 Å². The summed E-state index contributed by atoms with van der Waals surface area (Å²) < 4.78 is 68.2. The van der Waals surface area contributed by atoms with Crippen LogP contribution in [0.2, 0.25) is 0 Å². The van der Waals surface area contributed by atoms with Crippen LogP contribution >= 0.6 is 0 Å². The third-order valence-corrected chi connectivity index (χ3v) is 8.29. The van der Waals surface area contributed by atoms with Gasteiger partial charge in [-0.2, -0.15) is 0 Å². The summed E-state index contributed by atoms with van der Waals surface area (Å²) in [5, 5.41) is 0.734. The van der Waals surface area contributed by atoms with Crippen LogP contribution in [0.1, 0.15) is 26.3 Å². The fourth-order valence-corrected chi connectivity index (χ4v) is 6.06. The number of anilines is 2. The summed E-state index contributed by atoms with van der Waals surface area (Å²) >= 11 is 0. The van der Waals surface area contributed by atoms with Crippen LogP contribution in [0.3, 0.4) is 0 Å². The lowest BCUT2D eigenvalue weighted by atomic mass is 10.0. The quantitative estimate of drug-likeness (QED) is 0.309. The Morgan fingerprint density at radius 3 is 2.27 bits per heavy atom. The van der Waals surface area contributed by atoms with Gasteiger partial charge in [-0.1, -0.05) is 6.07 Å². The molecule has 2 aromatic heterocycles. The van der Waals surface area contributed by atoms with Crippen molar-refractivity contribution < 1.29 is 31.5 Å². The maximum absolute atomic E-state index is 14.6. The number of piperazine rings is 1. The molecule has 1 aliphatic heterocycles. The number of aryl methyl sites for hydroxylation is 1. The highest BCUT2D eigenvalue weighted by atomic mass is 32.2. The maximum atomic E-state index is 14.6. The number of rotatable bonds is 6. The van der Waals surface area contributed by atoms with E-state index < -0.39 is 32.2 Å². The minimum Gasteiger partial charge on any atom is -0.480 e. The van der Waals surface area contributed by atoms with Gasteiger partial charge in [-0.25, -0.2) is 36.9 Å².